The number of methoxy groups -OCH3 is 2. The maximum atomic E-state index is 11.9. The van der Waals surface area contributed by atoms with Gasteiger partial charge in [-0.3, -0.25) is 4.79 Å². The van der Waals surface area contributed by atoms with Crippen molar-refractivity contribution in [2.24, 2.45) is 0 Å². The van der Waals surface area contributed by atoms with E-state index in [1.165, 1.54) is 11.8 Å². The molecular weight excluding hydrogens is 318 g/mol. The Bertz CT molecular complexity index is 632. The minimum atomic E-state index is -0.0937. The van der Waals surface area contributed by atoms with E-state index in [0.717, 1.165) is 11.4 Å². The van der Waals surface area contributed by atoms with E-state index in [9.17, 15) is 4.79 Å². The first-order valence-electron chi connectivity index (χ1n) is 6.98. The fourth-order valence-corrected chi connectivity index (χ4v) is 2.59. The topological polar surface area (TPSA) is 91.2 Å². The van der Waals surface area contributed by atoms with Crippen molar-refractivity contribution < 1.29 is 14.3 Å². The molecule has 9 heteroatoms. The Balaban J connectivity index is 1.96. The quantitative estimate of drug-likeness (QED) is 0.716. The molecule has 0 aliphatic heterocycles. The summed E-state index contributed by atoms with van der Waals surface area (Å²) in [7, 11) is 3.21. The number of nitrogens with one attached hydrogen (secondary N) is 1. The molecule has 0 saturated heterocycles. The van der Waals surface area contributed by atoms with Crippen molar-refractivity contribution in [1.29, 1.82) is 0 Å². The van der Waals surface area contributed by atoms with Crippen molar-refractivity contribution >= 4 is 17.7 Å². The van der Waals surface area contributed by atoms with Gasteiger partial charge in [-0.1, -0.05) is 11.8 Å². The Labute approximate surface area is 138 Å². The minimum absolute atomic E-state index is 0.0364. The average molecular weight is 337 g/mol. The predicted molar refractivity (Wildman–Crippen MR) is 85.9 cm³/mol. The number of nitrogens with zero attached hydrogens (tertiary/aromatic N) is 4. The number of benzene rings is 1. The van der Waals surface area contributed by atoms with E-state index in [4.69, 9.17) is 9.47 Å². The standard InChI is InChI=1S/C14H19N5O3S/c1-10(8-21-2)15-13(20)9-23-14-16-17-18-19(14)11-4-6-12(22-3)7-5-11/h4-7,10H,8-9H2,1-3H3,(H,15,20)/t10-/m1/s1. The molecule has 0 bridgehead atoms. The highest BCUT2D eigenvalue weighted by atomic mass is 32.2. The first kappa shape index (κ1) is 17.2. The lowest BCUT2D eigenvalue weighted by atomic mass is 10.3. The molecule has 0 aliphatic carbocycles. The fraction of sp³-hybridized carbons (Fsp3) is 0.429. The van der Waals surface area contributed by atoms with Gasteiger partial charge in [-0.2, -0.15) is 4.68 Å². The van der Waals surface area contributed by atoms with Gasteiger partial charge in [0.1, 0.15) is 5.75 Å². The van der Waals surface area contributed by atoms with Gasteiger partial charge in [0, 0.05) is 13.2 Å². The van der Waals surface area contributed by atoms with E-state index in [-0.39, 0.29) is 17.7 Å². The second kappa shape index (κ2) is 8.49. The maximum absolute atomic E-state index is 11.9. The molecule has 0 radical (unpaired) electrons. The molecule has 8 nitrogen and oxygen atoms in total. The van der Waals surface area contributed by atoms with E-state index in [1.807, 2.05) is 31.2 Å². The minimum Gasteiger partial charge on any atom is -0.497 e. The molecule has 0 spiro atoms. The monoisotopic (exact) mass is 337 g/mol. The lowest BCUT2D eigenvalue weighted by molar-refractivity contribution is -0.119. The molecule has 0 unspecified atom stereocenters. The average Bonchev–Trinajstić information content (AvgIpc) is 3.01. The third-order valence-electron chi connectivity index (χ3n) is 2.91. The Hall–Kier alpha value is -2.13. The van der Waals surface area contributed by atoms with Crippen molar-refractivity contribution in [3.05, 3.63) is 24.3 Å². The lowest BCUT2D eigenvalue weighted by Gasteiger charge is -2.12. The molecule has 0 aliphatic rings. The number of aromatic nitrogens is 4. The number of rotatable bonds is 8. The summed E-state index contributed by atoms with van der Waals surface area (Å²) >= 11 is 1.27. The van der Waals surface area contributed by atoms with E-state index in [1.54, 1.807) is 18.9 Å². The highest BCUT2D eigenvalue weighted by Gasteiger charge is 2.13. The summed E-state index contributed by atoms with van der Waals surface area (Å²) < 4.78 is 11.7. The first-order valence-corrected chi connectivity index (χ1v) is 7.96. The number of hydrogen-bond acceptors (Lipinski definition) is 7. The third-order valence-corrected chi connectivity index (χ3v) is 3.83. The van der Waals surface area contributed by atoms with Gasteiger partial charge in [0.2, 0.25) is 11.1 Å². The van der Waals surface area contributed by atoms with Gasteiger partial charge in [0.25, 0.3) is 0 Å². The van der Waals surface area contributed by atoms with Crippen LogP contribution in [0.4, 0.5) is 0 Å². The molecule has 0 fully saturated rings. The van der Waals surface area contributed by atoms with Crippen LogP contribution in [-0.4, -0.2) is 58.7 Å². The smallest absolute Gasteiger partial charge is 0.230 e. The molecule has 1 N–H and O–H groups in total. The van der Waals surface area contributed by atoms with Crippen molar-refractivity contribution in [3.63, 3.8) is 0 Å². The number of amides is 1. The van der Waals surface area contributed by atoms with Crippen LogP contribution in [0.5, 0.6) is 5.75 Å². The Morgan fingerprint density at radius 2 is 2.09 bits per heavy atom. The summed E-state index contributed by atoms with van der Waals surface area (Å²) in [6, 6.07) is 7.31. The number of hydrogen-bond donors (Lipinski definition) is 1. The summed E-state index contributed by atoms with van der Waals surface area (Å²) in [5.74, 6) is 0.885. The number of ether oxygens (including phenoxy) is 2. The van der Waals surface area contributed by atoms with Gasteiger partial charge in [-0.15, -0.1) is 5.10 Å². The first-order chi connectivity index (χ1) is 11.1. The number of thioether (sulfide) groups is 1. The zero-order valence-electron chi connectivity index (χ0n) is 13.2. The van der Waals surface area contributed by atoms with Crippen LogP contribution < -0.4 is 10.1 Å². The molecule has 1 aromatic carbocycles. The summed E-state index contributed by atoms with van der Waals surface area (Å²) in [6.07, 6.45) is 0. The molecule has 124 valence electrons. The van der Waals surface area contributed by atoms with Crippen molar-refractivity contribution in [2.45, 2.75) is 18.1 Å². The highest BCUT2D eigenvalue weighted by Crippen LogP contribution is 2.20. The Morgan fingerprint density at radius 1 is 1.35 bits per heavy atom. The van der Waals surface area contributed by atoms with E-state index < -0.39 is 0 Å². The maximum Gasteiger partial charge on any atom is 0.230 e. The number of tetrazole rings is 1. The van der Waals surface area contributed by atoms with Gasteiger partial charge < -0.3 is 14.8 Å². The van der Waals surface area contributed by atoms with Gasteiger partial charge in [0.05, 0.1) is 25.2 Å². The van der Waals surface area contributed by atoms with Crippen LogP contribution in [-0.2, 0) is 9.53 Å². The van der Waals surface area contributed by atoms with E-state index >= 15 is 0 Å². The zero-order chi connectivity index (χ0) is 16.7. The molecule has 1 heterocycles. The molecule has 2 rings (SSSR count). The highest BCUT2D eigenvalue weighted by molar-refractivity contribution is 7.99. The van der Waals surface area contributed by atoms with Crippen LogP contribution >= 0.6 is 11.8 Å². The Morgan fingerprint density at radius 3 is 2.74 bits per heavy atom. The molecule has 2 aromatic rings. The second-order valence-electron chi connectivity index (χ2n) is 4.78. The van der Waals surface area contributed by atoms with Crippen LogP contribution in [0.15, 0.2) is 29.4 Å². The predicted octanol–water partition coefficient (Wildman–Crippen LogP) is 0.914. The van der Waals surface area contributed by atoms with Gasteiger partial charge in [-0.25, -0.2) is 0 Å². The second-order valence-corrected chi connectivity index (χ2v) is 5.73. The molecule has 1 aromatic heterocycles. The third kappa shape index (κ3) is 4.93. The van der Waals surface area contributed by atoms with Crippen molar-refractivity contribution in [2.75, 3.05) is 26.6 Å². The normalized spacial score (nSPS) is 12.0. The molecule has 23 heavy (non-hydrogen) atoms. The van der Waals surface area contributed by atoms with Gasteiger partial charge in [0.15, 0.2) is 0 Å². The summed E-state index contributed by atoms with van der Waals surface area (Å²) in [5, 5.41) is 15.0. The summed E-state index contributed by atoms with van der Waals surface area (Å²) in [5.41, 5.74) is 0.798. The molecule has 1 amide bonds. The van der Waals surface area contributed by atoms with Crippen LogP contribution in [0.25, 0.3) is 5.69 Å². The number of carbonyl (C=O) groups excluding carboxylic acids is 1. The molecule has 0 saturated carbocycles. The van der Waals surface area contributed by atoms with Crippen LogP contribution in [0.1, 0.15) is 6.92 Å². The summed E-state index contributed by atoms with van der Waals surface area (Å²) in [4.78, 5) is 11.9. The zero-order valence-corrected chi connectivity index (χ0v) is 14.0. The van der Waals surface area contributed by atoms with E-state index in [0.29, 0.717) is 11.8 Å². The van der Waals surface area contributed by atoms with Crippen LogP contribution in [0, 0.1) is 0 Å². The largest absolute Gasteiger partial charge is 0.497 e. The number of carbonyl (C=O) groups is 1. The molecule has 1 atom stereocenters. The van der Waals surface area contributed by atoms with Crippen LogP contribution in [0.2, 0.25) is 0 Å². The van der Waals surface area contributed by atoms with E-state index in [2.05, 4.69) is 20.8 Å². The fourth-order valence-electron chi connectivity index (χ4n) is 1.89. The van der Waals surface area contributed by atoms with Crippen molar-refractivity contribution in [1.82, 2.24) is 25.5 Å². The summed E-state index contributed by atoms with van der Waals surface area (Å²) in [6.45, 7) is 2.35. The van der Waals surface area contributed by atoms with Gasteiger partial charge in [-0.05, 0) is 41.6 Å². The lowest BCUT2D eigenvalue weighted by Crippen LogP contribution is -2.36. The Kier molecular flexibility index (Phi) is 6.36. The van der Waals surface area contributed by atoms with Crippen molar-refractivity contribution in [3.8, 4) is 11.4 Å². The van der Waals surface area contributed by atoms with Crippen LogP contribution in [0.3, 0.4) is 0 Å². The SMILES string of the molecule is COC[C@@H](C)NC(=O)CSc1nnnn1-c1ccc(OC)cc1. The molecular formula is C14H19N5O3S. The van der Waals surface area contributed by atoms with Gasteiger partial charge >= 0.3 is 0 Å².